The monoisotopic (exact) mass is 371 g/mol. The van der Waals surface area contributed by atoms with Gasteiger partial charge in [0.1, 0.15) is 23.4 Å². The summed E-state index contributed by atoms with van der Waals surface area (Å²) in [7, 11) is 1.64. The Labute approximate surface area is 158 Å². The highest BCUT2D eigenvalue weighted by atomic mass is 16.3. The number of hydrogen-bond donors (Lipinski definition) is 1. The molecule has 1 unspecified atom stereocenters. The molecule has 0 spiro atoms. The summed E-state index contributed by atoms with van der Waals surface area (Å²) in [6, 6.07) is 8.69. The van der Waals surface area contributed by atoms with E-state index in [1.54, 1.807) is 7.05 Å². The van der Waals surface area contributed by atoms with E-state index in [-0.39, 0.29) is 24.4 Å². The standard InChI is InChI=1S/C20H25N3O4/c1-5-20(6-2)18(25)23(19(26)21-20)12-17(24)22(4)13(3)16-11-14-9-7-8-10-15(14)27-16/h7-11,13H,5-6,12H2,1-4H3,(H,21,26). The topological polar surface area (TPSA) is 82.9 Å². The fourth-order valence-electron chi connectivity index (χ4n) is 3.41. The zero-order valence-corrected chi connectivity index (χ0v) is 16.1. The number of hydrogen-bond acceptors (Lipinski definition) is 4. The SMILES string of the molecule is CCC1(CC)NC(=O)N(CC(=O)N(C)C(C)c2cc3ccccc3o2)C1=O. The smallest absolute Gasteiger partial charge is 0.325 e. The molecule has 0 radical (unpaired) electrons. The number of rotatable bonds is 6. The van der Waals surface area contributed by atoms with Crippen LogP contribution >= 0.6 is 0 Å². The van der Waals surface area contributed by atoms with Crippen LogP contribution in [0.5, 0.6) is 0 Å². The molecule has 1 N–H and O–H groups in total. The van der Waals surface area contributed by atoms with Crippen LogP contribution in [0.1, 0.15) is 45.4 Å². The molecule has 1 fully saturated rings. The largest absolute Gasteiger partial charge is 0.459 e. The first-order valence-electron chi connectivity index (χ1n) is 9.21. The van der Waals surface area contributed by atoms with Gasteiger partial charge in [0.15, 0.2) is 0 Å². The van der Waals surface area contributed by atoms with E-state index in [9.17, 15) is 14.4 Å². The van der Waals surface area contributed by atoms with E-state index in [1.165, 1.54) is 4.90 Å². The number of imide groups is 1. The van der Waals surface area contributed by atoms with Gasteiger partial charge < -0.3 is 14.6 Å². The number of urea groups is 1. The van der Waals surface area contributed by atoms with E-state index in [0.717, 1.165) is 15.9 Å². The molecule has 0 bridgehead atoms. The Hall–Kier alpha value is -2.83. The second kappa shape index (κ2) is 7.06. The number of nitrogens with zero attached hydrogens (tertiary/aromatic N) is 2. The first-order valence-corrected chi connectivity index (χ1v) is 9.21. The summed E-state index contributed by atoms with van der Waals surface area (Å²) in [5, 5.41) is 3.70. The van der Waals surface area contributed by atoms with Crippen LogP contribution in [0.25, 0.3) is 11.0 Å². The molecule has 1 saturated heterocycles. The number of benzene rings is 1. The van der Waals surface area contributed by atoms with Crippen molar-refractivity contribution in [3.05, 3.63) is 36.1 Å². The van der Waals surface area contributed by atoms with E-state index in [1.807, 2.05) is 51.1 Å². The van der Waals surface area contributed by atoms with E-state index < -0.39 is 11.6 Å². The van der Waals surface area contributed by atoms with Gasteiger partial charge >= 0.3 is 6.03 Å². The normalized spacial score (nSPS) is 17.3. The van der Waals surface area contributed by atoms with Crippen molar-refractivity contribution >= 4 is 28.8 Å². The number of fused-ring (bicyclic) bond motifs is 1. The summed E-state index contributed by atoms with van der Waals surface area (Å²) in [6.07, 6.45) is 0.980. The summed E-state index contributed by atoms with van der Waals surface area (Å²) in [6.45, 7) is 5.27. The summed E-state index contributed by atoms with van der Waals surface area (Å²) < 4.78 is 5.83. The lowest BCUT2D eigenvalue weighted by Gasteiger charge is -2.26. The molecule has 2 aromatic rings. The van der Waals surface area contributed by atoms with Gasteiger partial charge in [0.2, 0.25) is 5.91 Å². The molecule has 0 saturated carbocycles. The Bertz CT molecular complexity index is 851. The van der Waals surface area contributed by atoms with Crippen LogP contribution in [-0.4, -0.2) is 46.8 Å². The first kappa shape index (κ1) is 18.9. The maximum atomic E-state index is 12.7. The molecular weight excluding hydrogens is 346 g/mol. The van der Waals surface area contributed by atoms with Crippen molar-refractivity contribution in [3.8, 4) is 0 Å². The van der Waals surface area contributed by atoms with Crippen LogP contribution in [0.2, 0.25) is 0 Å². The molecule has 144 valence electrons. The molecule has 1 atom stereocenters. The van der Waals surface area contributed by atoms with Crippen molar-refractivity contribution in [3.63, 3.8) is 0 Å². The molecule has 1 aliphatic heterocycles. The summed E-state index contributed by atoms with van der Waals surface area (Å²) in [5.41, 5.74) is -0.148. The minimum absolute atomic E-state index is 0.284. The molecule has 1 aromatic heterocycles. The van der Waals surface area contributed by atoms with Crippen molar-refractivity contribution in [2.75, 3.05) is 13.6 Å². The summed E-state index contributed by atoms with van der Waals surface area (Å²) in [5.74, 6) is -0.00850. The molecule has 27 heavy (non-hydrogen) atoms. The van der Waals surface area contributed by atoms with Crippen LogP contribution in [0.4, 0.5) is 4.79 Å². The van der Waals surface area contributed by atoms with E-state index in [0.29, 0.717) is 18.6 Å². The fourth-order valence-corrected chi connectivity index (χ4v) is 3.41. The zero-order chi connectivity index (χ0) is 19.8. The third kappa shape index (κ3) is 3.18. The van der Waals surface area contributed by atoms with Gasteiger partial charge in [-0.25, -0.2) is 4.79 Å². The minimum Gasteiger partial charge on any atom is -0.459 e. The van der Waals surface area contributed by atoms with Crippen molar-refractivity contribution in [2.24, 2.45) is 0 Å². The van der Waals surface area contributed by atoms with E-state index in [2.05, 4.69) is 5.32 Å². The number of nitrogens with one attached hydrogen (secondary N) is 1. The summed E-state index contributed by atoms with van der Waals surface area (Å²) >= 11 is 0. The number of amides is 4. The molecule has 7 heteroatoms. The number of furan rings is 1. The van der Waals surface area contributed by atoms with Crippen molar-refractivity contribution in [1.82, 2.24) is 15.1 Å². The van der Waals surface area contributed by atoms with E-state index in [4.69, 9.17) is 4.42 Å². The van der Waals surface area contributed by atoms with Gasteiger partial charge in [-0.1, -0.05) is 32.0 Å². The number of carbonyl (C=O) groups excluding carboxylic acids is 3. The van der Waals surface area contributed by atoms with Gasteiger partial charge in [-0.05, 0) is 31.9 Å². The van der Waals surface area contributed by atoms with Crippen LogP contribution in [-0.2, 0) is 9.59 Å². The lowest BCUT2D eigenvalue weighted by atomic mass is 9.93. The van der Waals surface area contributed by atoms with Gasteiger partial charge in [-0.3, -0.25) is 14.5 Å². The number of likely N-dealkylation sites (N-methyl/N-ethyl adjacent to an activating group) is 1. The first-order chi connectivity index (χ1) is 12.8. The van der Waals surface area contributed by atoms with Crippen LogP contribution in [0.15, 0.2) is 34.7 Å². The van der Waals surface area contributed by atoms with Gasteiger partial charge in [0.25, 0.3) is 5.91 Å². The predicted octanol–water partition coefficient (Wildman–Crippen LogP) is 3.06. The Balaban J connectivity index is 1.73. The Morgan fingerprint density at radius 1 is 1.26 bits per heavy atom. The lowest BCUT2D eigenvalue weighted by molar-refractivity contribution is -0.139. The quantitative estimate of drug-likeness (QED) is 0.791. The molecule has 1 aromatic carbocycles. The molecule has 7 nitrogen and oxygen atoms in total. The van der Waals surface area contributed by atoms with Crippen molar-refractivity contribution in [1.29, 1.82) is 0 Å². The second-order valence-corrected chi connectivity index (χ2v) is 6.98. The molecular formula is C20H25N3O4. The van der Waals surface area contributed by atoms with E-state index >= 15 is 0 Å². The molecule has 0 aliphatic carbocycles. The highest BCUT2D eigenvalue weighted by molar-refractivity contribution is 6.09. The highest BCUT2D eigenvalue weighted by Crippen LogP contribution is 2.28. The number of para-hydroxylation sites is 1. The van der Waals surface area contributed by atoms with Gasteiger partial charge in [-0.2, -0.15) is 0 Å². The van der Waals surface area contributed by atoms with Crippen LogP contribution in [0.3, 0.4) is 0 Å². The zero-order valence-electron chi connectivity index (χ0n) is 16.1. The van der Waals surface area contributed by atoms with Crippen LogP contribution < -0.4 is 5.32 Å². The van der Waals surface area contributed by atoms with Crippen LogP contribution in [0, 0.1) is 0 Å². The predicted molar refractivity (Wildman–Crippen MR) is 101 cm³/mol. The Morgan fingerprint density at radius 2 is 1.93 bits per heavy atom. The highest BCUT2D eigenvalue weighted by Gasteiger charge is 2.49. The molecule has 3 rings (SSSR count). The lowest BCUT2D eigenvalue weighted by Crippen LogP contribution is -2.47. The fraction of sp³-hybridized carbons (Fsp3) is 0.450. The second-order valence-electron chi connectivity index (χ2n) is 6.98. The van der Waals surface area contributed by atoms with Gasteiger partial charge in [-0.15, -0.1) is 0 Å². The molecule has 1 aliphatic rings. The molecule has 2 heterocycles. The maximum absolute atomic E-state index is 12.7. The minimum atomic E-state index is -0.902. The number of carbonyl (C=O) groups is 3. The van der Waals surface area contributed by atoms with Gasteiger partial charge in [0.05, 0.1) is 6.04 Å². The van der Waals surface area contributed by atoms with Crippen molar-refractivity contribution < 1.29 is 18.8 Å². The Kier molecular flexibility index (Phi) is 4.95. The van der Waals surface area contributed by atoms with Gasteiger partial charge in [0, 0.05) is 12.4 Å². The average Bonchev–Trinajstić information content (AvgIpc) is 3.21. The maximum Gasteiger partial charge on any atom is 0.325 e. The third-order valence-electron chi connectivity index (χ3n) is 5.58. The van der Waals surface area contributed by atoms with Crippen molar-refractivity contribution in [2.45, 2.75) is 45.2 Å². The summed E-state index contributed by atoms with van der Waals surface area (Å²) in [4.78, 5) is 40.1. The average molecular weight is 371 g/mol. The third-order valence-corrected chi connectivity index (χ3v) is 5.58. The molecule has 4 amide bonds. The Morgan fingerprint density at radius 3 is 2.52 bits per heavy atom.